The summed E-state index contributed by atoms with van der Waals surface area (Å²) in [5, 5.41) is 15.8. The summed E-state index contributed by atoms with van der Waals surface area (Å²) >= 11 is 1.75. The van der Waals surface area contributed by atoms with Gasteiger partial charge in [0.1, 0.15) is 11.5 Å². The van der Waals surface area contributed by atoms with Gasteiger partial charge in [-0.15, -0.1) is 40.5 Å². The van der Waals surface area contributed by atoms with Crippen molar-refractivity contribution in [1.82, 2.24) is 4.98 Å². The van der Waals surface area contributed by atoms with Crippen LogP contribution in [0, 0.1) is 23.9 Å². The molecule has 48 heavy (non-hydrogen) atoms. The van der Waals surface area contributed by atoms with E-state index in [1.54, 1.807) is 11.3 Å². The van der Waals surface area contributed by atoms with Crippen LogP contribution in [0.25, 0.3) is 43.2 Å². The SMILES string of the molecule is CCC(C)(CC)C(=O)/C=C(\O)C(C)(CC)CC.[CH2-][n+]1ccc(-c2cncc3ccsc23)cc1-c1[c-]c2ccccc2c(C(C)(C)C)c1.[Ir]. The molecule has 0 aliphatic rings. The van der Waals surface area contributed by atoms with Crippen LogP contribution in [0.2, 0.25) is 0 Å². The van der Waals surface area contributed by atoms with Crippen molar-refractivity contribution >= 4 is 38.0 Å². The molecule has 0 aliphatic heterocycles. The third-order valence-electron chi connectivity index (χ3n) is 10.2. The molecule has 0 fully saturated rings. The number of ketones is 1. The molecule has 257 valence electrons. The Labute approximate surface area is 305 Å². The first-order valence-corrected chi connectivity index (χ1v) is 17.7. The Kier molecular flexibility index (Phi) is 13.0. The molecular formula is C42H51IrN2O2S-. The second-order valence-electron chi connectivity index (χ2n) is 14.1. The van der Waals surface area contributed by atoms with Gasteiger partial charge in [-0.2, -0.15) is 0 Å². The molecule has 0 unspecified atom stereocenters. The number of hydrogen-bond acceptors (Lipinski definition) is 4. The maximum atomic E-state index is 12.2. The molecule has 5 rings (SSSR count). The van der Waals surface area contributed by atoms with Crippen LogP contribution in [-0.4, -0.2) is 15.9 Å². The van der Waals surface area contributed by atoms with Crippen LogP contribution in [0.4, 0.5) is 0 Å². The van der Waals surface area contributed by atoms with Crippen molar-refractivity contribution in [2.45, 2.75) is 93.4 Å². The Hall–Kier alpha value is -3.31. The minimum atomic E-state index is -0.337. The number of aliphatic hydroxyl groups excluding tert-OH is 1. The molecule has 0 aliphatic carbocycles. The predicted octanol–water partition coefficient (Wildman–Crippen LogP) is 11.5. The van der Waals surface area contributed by atoms with E-state index in [9.17, 15) is 9.90 Å². The van der Waals surface area contributed by atoms with Gasteiger partial charge in [0.15, 0.2) is 5.78 Å². The van der Waals surface area contributed by atoms with Gasteiger partial charge in [0.05, 0.1) is 6.20 Å². The Morgan fingerprint density at radius 1 is 0.938 bits per heavy atom. The van der Waals surface area contributed by atoms with Crippen LogP contribution in [0.1, 0.15) is 93.6 Å². The fraction of sp³-hybridized carbons (Fsp3) is 0.381. The Bertz CT molecular complexity index is 1890. The van der Waals surface area contributed by atoms with Gasteiger partial charge >= 0.3 is 0 Å². The fourth-order valence-corrected chi connectivity index (χ4v) is 6.60. The Morgan fingerprint density at radius 3 is 2.21 bits per heavy atom. The average molecular weight is 840 g/mol. The second kappa shape index (κ2) is 15.9. The number of thiophene rings is 1. The fourth-order valence-electron chi connectivity index (χ4n) is 5.70. The van der Waals surface area contributed by atoms with E-state index in [0.717, 1.165) is 53.5 Å². The number of aliphatic hydroxyl groups is 1. The minimum absolute atomic E-state index is 0. The number of carbonyl (C=O) groups is 1. The average Bonchev–Trinajstić information content (AvgIpc) is 3.56. The smallest absolute Gasteiger partial charge is 0.164 e. The van der Waals surface area contributed by atoms with E-state index in [1.165, 1.54) is 27.1 Å². The van der Waals surface area contributed by atoms with Crippen molar-refractivity contribution in [3.8, 4) is 22.4 Å². The van der Waals surface area contributed by atoms with Crippen LogP contribution in [0.5, 0.6) is 0 Å². The van der Waals surface area contributed by atoms with Gasteiger partial charge in [0, 0.05) is 72.1 Å². The zero-order valence-electron chi connectivity index (χ0n) is 30.0. The molecule has 5 aromatic rings. The van der Waals surface area contributed by atoms with E-state index in [0.29, 0.717) is 0 Å². The van der Waals surface area contributed by atoms with Gasteiger partial charge in [0.2, 0.25) is 0 Å². The molecule has 0 atom stereocenters. The molecule has 0 saturated heterocycles. The zero-order chi connectivity index (χ0) is 34.6. The van der Waals surface area contributed by atoms with E-state index in [1.807, 2.05) is 64.7 Å². The number of rotatable bonds is 9. The quantitative estimate of drug-likeness (QED) is 0.0696. The molecule has 1 radical (unpaired) electrons. The number of carbonyl (C=O) groups excluding carboxylic acids is 1. The van der Waals surface area contributed by atoms with E-state index < -0.39 is 0 Å². The van der Waals surface area contributed by atoms with Gasteiger partial charge in [0.25, 0.3) is 0 Å². The number of fused-ring (bicyclic) bond motifs is 2. The Balaban J connectivity index is 0.000000301. The molecule has 2 aromatic carbocycles. The van der Waals surface area contributed by atoms with Crippen molar-refractivity contribution in [2.24, 2.45) is 10.8 Å². The monoisotopic (exact) mass is 840 g/mol. The number of benzene rings is 2. The first-order chi connectivity index (χ1) is 22.2. The summed E-state index contributed by atoms with van der Waals surface area (Å²) < 4.78 is 3.19. The topological polar surface area (TPSA) is 54.1 Å². The number of allylic oxidation sites excluding steroid dienone is 2. The van der Waals surface area contributed by atoms with Crippen molar-refractivity contribution in [3.63, 3.8) is 0 Å². The van der Waals surface area contributed by atoms with Crippen molar-refractivity contribution in [1.29, 1.82) is 0 Å². The largest absolute Gasteiger partial charge is 0.512 e. The van der Waals surface area contributed by atoms with Gasteiger partial charge < -0.3 is 9.67 Å². The molecule has 0 bridgehead atoms. The second-order valence-corrected chi connectivity index (χ2v) is 15.0. The maximum Gasteiger partial charge on any atom is 0.164 e. The van der Waals surface area contributed by atoms with E-state index in [2.05, 4.69) is 92.8 Å². The number of aromatic nitrogens is 2. The third-order valence-corrected chi connectivity index (χ3v) is 11.1. The molecule has 3 heterocycles. The molecule has 6 heteroatoms. The number of hydrogen-bond donors (Lipinski definition) is 1. The first-order valence-electron chi connectivity index (χ1n) is 16.8. The van der Waals surface area contributed by atoms with Gasteiger partial charge in [-0.3, -0.25) is 9.78 Å². The van der Waals surface area contributed by atoms with E-state index >= 15 is 0 Å². The molecule has 0 spiro atoms. The standard InChI is InChI=1S/C27H23N2S.C15H28O2.Ir/c1-27(2,3)24-14-21(13-18-7-5-6-8-22(18)24)25-15-19(9-11-29(25)4)23-17-28-16-20-10-12-30-26(20)23;1-7-14(5,8-2)12(16)11-13(17)15(6,9-3)10-4;/h5-12,14-17H,4H2,1-3H3;11,16H,7-10H2,1-6H3;/q-1;;/b;12-11-;. The molecular weight excluding hydrogens is 789 g/mol. The summed E-state index contributed by atoms with van der Waals surface area (Å²) in [6, 6.07) is 20.8. The van der Waals surface area contributed by atoms with Crippen LogP contribution < -0.4 is 4.57 Å². The molecule has 3 aromatic heterocycles. The summed E-state index contributed by atoms with van der Waals surface area (Å²) in [5.41, 5.74) is 5.14. The molecule has 4 nitrogen and oxygen atoms in total. The number of nitrogens with zero attached hydrogens (tertiary/aromatic N) is 2. The van der Waals surface area contributed by atoms with Crippen LogP contribution >= 0.6 is 11.3 Å². The summed E-state index contributed by atoms with van der Waals surface area (Å²) in [6.45, 7) is 18.9. The van der Waals surface area contributed by atoms with Crippen molar-refractivity contribution in [2.75, 3.05) is 0 Å². The van der Waals surface area contributed by atoms with Crippen molar-refractivity contribution < 1.29 is 34.6 Å². The number of pyridine rings is 2. The van der Waals surface area contributed by atoms with Crippen LogP contribution in [0.15, 0.2) is 84.3 Å². The summed E-state index contributed by atoms with van der Waals surface area (Å²) in [4.78, 5) is 16.6. The van der Waals surface area contributed by atoms with E-state index in [4.69, 9.17) is 0 Å². The summed E-state index contributed by atoms with van der Waals surface area (Å²) in [5.74, 6) is 0.286. The van der Waals surface area contributed by atoms with Gasteiger partial charge in [-0.1, -0.05) is 91.5 Å². The first kappa shape index (κ1) is 39.1. The normalized spacial score (nSPS) is 12.4. The summed E-state index contributed by atoms with van der Waals surface area (Å²) in [6.07, 6.45) is 10.7. The molecule has 1 N–H and O–H groups in total. The van der Waals surface area contributed by atoms with Gasteiger partial charge in [-0.25, -0.2) is 0 Å². The van der Waals surface area contributed by atoms with Crippen LogP contribution in [-0.2, 0) is 30.3 Å². The minimum Gasteiger partial charge on any atom is -0.512 e. The molecule has 0 amide bonds. The predicted molar refractivity (Wildman–Crippen MR) is 200 cm³/mol. The maximum absolute atomic E-state index is 12.2. The third kappa shape index (κ3) is 8.27. The zero-order valence-corrected chi connectivity index (χ0v) is 33.2. The van der Waals surface area contributed by atoms with E-state index in [-0.39, 0.29) is 47.9 Å². The van der Waals surface area contributed by atoms with Crippen LogP contribution in [0.3, 0.4) is 0 Å². The summed E-state index contributed by atoms with van der Waals surface area (Å²) in [7, 11) is 4.24. The van der Waals surface area contributed by atoms with Crippen molar-refractivity contribution in [3.05, 3.63) is 103 Å². The molecule has 0 saturated carbocycles. The van der Waals surface area contributed by atoms with Gasteiger partial charge in [-0.05, 0) is 60.2 Å². The Morgan fingerprint density at radius 2 is 1.58 bits per heavy atom.